The summed E-state index contributed by atoms with van der Waals surface area (Å²) in [5, 5.41) is 11.5. The Hall–Kier alpha value is -1.55. The molecule has 4 heteroatoms. The van der Waals surface area contributed by atoms with E-state index in [-0.39, 0.29) is 11.9 Å². The Bertz CT molecular complexity index is 337. The summed E-state index contributed by atoms with van der Waals surface area (Å²) in [6.07, 6.45) is 0.569. The molecule has 0 fully saturated rings. The van der Waals surface area contributed by atoms with Crippen LogP contribution in [0.1, 0.15) is 18.9 Å². The normalized spacial score (nSPS) is 14.1. The van der Waals surface area contributed by atoms with Crippen molar-refractivity contribution >= 4 is 5.84 Å². The molecule has 3 N–H and O–H groups in total. The van der Waals surface area contributed by atoms with E-state index < -0.39 is 0 Å². The molecule has 0 saturated heterocycles. The Morgan fingerprint density at radius 1 is 1.44 bits per heavy atom. The third kappa shape index (κ3) is 3.90. The zero-order chi connectivity index (χ0) is 12.0. The number of hydrogen-bond acceptors (Lipinski definition) is 3. The summed E-state index contributed by atoms with van der Waals surface area (Å²) in [4.78, 5) is 2.17. The van der Waals surface area contributed by atoms with Gasteiger partial charge in [0.15, 0.2) is 0 Å². The smallest absolute Gasteiger partial charge is 0.140 e. The lowest BCUT2D eigenvalue weighted by molar-refractivity contribution is 0.251. The van der Waals surface area contributed by atoms with E-state index in [0.717, 1.165) is 6.54 Å². The maximum Gasteiger partial charge on any atom is 0.140 e. The van der Waals surface area contributed by atoms with Gasteiger partial charge in [-0.2, -0.15) is 0 Å². The number of hydrogen-bond donors (Lipinski definition) is 2. The van der Waals surface area contributed by atoms with Gasteiger partial charge < -0.3 is 10.9 Å². The second-order valence-corrected chi connectivity index (χ2v) is 4.05. The summed E-state index contributed by atoms with van der Waals surface area (Å²) >= 11 is 0. The van der Waals surface area contributed by atoms with E-state index in [0.29, 0.717) is 6.42 Å². The molecule has 0 aliphatic carbocycles. The van der Waals surface area contributed by atoms with Crippen LogP contribution < -0.4 is 5.73 Å². The molecule has 1 aromatic rings. The topological polar surface area (TPSA) is 61.9 Å². The highest BCUT2D eigenvalue weighted by atomic mass is 16.4. The second-order valence-electron chi connectivity index (χ2n) is 4.05. The van der Waals surface area contributed by atoms with Crippen LogP contribution in [-0.2, 0) is 6.54 Å². The average molecular weight is 221 g/mol. The van der Waals surface area contributed by atoms with Crippen LogP contribution in [-0.4, -0.2) is 29.0 Å². The number of rotatable bonds is 5. The van der Waals surface area contributed by atoms with E-state index >= 15 is 0 Å². The molecule has 16 heavy (non-hydrogen) atoms. The van der Waals surface area contributed by atoms with Crippen LogP contribution in [0.2, 0.25) is 0 Å². The van der Waals surface area contributed by atoms with Crippen LogP contribution in [0.3, 0.4) is 0 Å². The number of oxime groups is 1. The van der Waals surface area contributed by atoms with Gasteiger partial charge in [-0.15, -0.1) is 0 Å². The molecule has 0 aromatic heterocycles. The van der Waals surface area contributed by atoms with Gasteiger partial charge in [0.05, 0.1) is 0 Å². The Morgan fingerprint density at radius 2 is 2.06 bits per heavy atom. The van der Waals surface area contributed by atoms with Crippen molar-refractivity contribution in [3.05, 3.63) is 35.9 Å². The second kappa shape index (κ2) is 6.12. The third-order valence-electron chi connectivity index (χ3n) is 2.66. The van der Waals surface area contributed by atoms with E-state index in [2.05, 4.69) is 29.1 Å². The lowest BCUT2D eigenvalue weighted by atomic mass is 10.1. The molecule has 88 valence electrons. The molecule has 0 heterocycles. The fraction of sp³-hybridized carbons (Fsp3) is 0.417. The Morgan fingerprint density at radius 3 is 2.62 bits per heavy atom. The Kier molecular flexibility index (Phi) is 4.79. The quantitative estimate of drug-likeness (QED) is 0.344. The predicted octanol–water partition coefficient (Wildman–Crippen LogP) is 1.64. The van der Waals surface area contributed by atoms with Crippen molar-refractivity contribution < 1.29 is 5.21 Å². The van der Waals surface area contributed by atoms with Crippen molar-refractivity contribution in [1.82, 2.24) is 4.90 Å². The van der Waals surface area contributed by atoms with E-state index in [1.807, 2.05) is 25.2 Å². The van der Waals surface area contributed by atoms with Crippen LogP contribution in [0.5, 0.6) is 0 Å². The standard InChI is InChI=1S/C12H19N3O/c1-10(8-12(13)14-16)15(2)9-11-6-4-3-5-7-11/h3-7,10,16H,8-9H2,1-2H3,(H2,13,14). The Balaban J connectivity index is 2.49. The van der Waals surface area contributed by atoms with Gasteiger partial charge in [-0.3, -0.25) is 4.90 Å². The summed E-state index contributed by atoms with van der Waals surface area (Å²) in [5.74, 6) is 0.271. The molecular formula is C12H19N3O. The molecule has 0 amide bonds. The highest BCUT2D eigenvalue weighted by Crippen LogP contribution is 2.08. The fourth-order valence-corrected chi connectivity index (χ4v) is 1.53. The number of nitrogens with two attached hydrogens (primary N) is 1. The number of amidine groups is 1. The molecule has 0 saturated carbocycles. The van der Waals surface area contributed by atoms with Gasteiger partial charge in [0.25, 0.3) is 0 Å². The van der Waals surface area contributed by atoms with Crippen molar-refractivity contribution in [3.8, 4) is 0 Å². The minimum absolute atomic E-state index is 0.246. The fourth-order valence-electron chi connectivity index (χ4n) is 1.53. The average Bonchev–Trinajstić information content (AvgIpc) is 2.30. The molecule has 1 aromatic carbocycles. The largest absolute Gasteiger partial charge is 0.409 e. The highest BCUT2D eigenvalue weighted by Gasteiger charge is 2.11. The lowest BCUT2D eigenvalue weighted by Gasteiger charge is -2.24. The first kappa shape index (κ1) is 12.5. The summed E-state index contributed by atoms with van der Waals surface area (Å²) in [5.41, 5.74) is 6.74. The van der Waals surface area contributed by atoms with Gasteiger partial charge in [0.2, 0.25) is 0 Å². The molecule has 1 atom stereocenters. The summed E-state index contributed by atoms with van der Waals surface area (Å²) < 4.78 is 0. The first-order valence-corrected chi connectivity index (χ1v) is 5.34. The maximum atomic E-state index is 8.50. The van der Waals surface area contributed by atoms with E-state index in [4.69, 9.17) is 10.9 Å². The lowest BCUT2D eigenvalue weighted by Crippen LogP contribution is -2.32. The minimum Gasteiger partial charge on any atom is -0.409 e. The van der Waals surface area contributed by atoms with Gasteiger partial charge in [-0.25, -0.2) is 0 Å². The van der Waals surface area contributed by atoms with Gasteiger partial charge >= 0.3 is 0 Å². The molecule has 0 aliphatic heterocycles. The van der Waals surface area contributed by atoms with Crippen molar-refractivity contribution in [2.75, 3.05) is 7.05 Å². The van der Waals surface area contributed by atoms with Gasteiger partial charge in [0, 0.05) is 19.0 Å². The molecule has 0 spiro atoms. The Labute approximate surface area is 96.4 Å². The van der Waals surface area contributed by atoms with Gasteiger partial charge in [-0.05, 0) is 19.5 Å². The van der Waals surface area contributed by atoms with Crippen LogP contribution in [0.4, 0.5) is 0 Å². The first-order valence-electron chi connectivity index (χ1n) is 5.34. The number of benzene rings is 1. The molecule has 0 aliphatic rings. The van der Waals surface area contributed by atoms with Crippen LogP contribution in [0.25, 0.3) is 0 Å². The zero-order valence-corrected chi connectivity index (χ0v) is 9.80. The molecule has 0 bridgehead atoms. The zero-order valence-electron chi connectivity index (χ0n) is 9.80. The van der Waals surface area contributed by atoms with E-state index in [1.165, 1.54) is 5.56 Å². The molecule has 0 radical (unpaired) electrons. The van der Waals surface area contributed by atoms with Crippen LogP contribution in [0.15, 0.2) is 35.5 Å². The molecule has 1 unspecified atom stereocenters. The summed E-state index contributed by atoms with van der Waals surface area (Å²) in [7, 11) is 2.03. The van der Waals surface area contributed by atoms with Crippen molar-refractivity contribution in [2.24, 2.45) is 10.9 Å². The monoisotopic (exact) mass is 221 g/mol. The summed E-state index contributed by atoms with van der Waals surface area (Å²) in [6, 6.07) is 10.5. The SMILES string of the molecule is CC(CC(N)=NO)N(C)Cc1ccccc1. The van der Waals surface area contributed by atoms with Gasteiger partial charge in [0.1, 0.15) is 5.84 Å². The first-order chi connectivity index (χ1) is 7.63. The van der Waals surface area contributed by atoms with Gasteiger partial charge in [-0.1, -0.05) is 35.5 Å². The van der Waals surface area contributed by atoms with E-state index in [1.54, 1.807) is 0 Å². The molecule has 1 rings (SSSR count). The third-order valence-corrected chi connectivity index (χ3v) is 2.66. The van der Waals surface area contributed by atoms with Crippen LogP contribution >= 0.6 is 0 Å². The predicted molar refractivity (Wildman–Crippen MR) is 65.4 cm³/mol. The highest BCUT2D eigenvalue weighted by molar-refractivity contribution is 5.80. The van der Waals surface area contributed by atoms with Crippen molar-refractivity contribution in [2.45, 2.75) is 25.9 Å². The minimum atomic E-state index is 0.246. The summed E-state index contributed by atoms with van der Waals surface area (Å²) in [6.45, 7) is 2.92. The van der Waals surface area contributed by atoms with Crippen LogP contribution in [0, 0.1) is 0 Å². The van der Waals surface area contributed by atoms with Crippen molar-refractivity contribution in [3.63, 3.8) is 0 Å². The molecule has 4 nitrogen and oxygen atoms in total. The van der Waals surface area contributed by atoms with Crippen molar-refractivity contribution in [1.29, 1.82) is 0 Å². The number of nitrogens with zero attached hydrogens (tertiary/aromatic N) is 2. The van der Waals surface area contributed by atoms with E-state index in [9.17, 15) is 0 Å². The molecular weight excluding hydrogens is 202 g/mol. The maximum absolute atomic E-state index is 8.50.